The molecule has 0 saturated heterocycles. The second kappa shape index (κ2) is 9.71. The molecule has 0 aromatic rings. The molecule has 1 atom stereocenters. The topological polar surface area (TPSA) is 41.1 Å². The fourth-order valence-electron chi connectivity index (χ4n) is 1.53. The lowest BCUT2D eigenvalue weighted by atomic mass is 10.1. The van der Waals surface area contributed by atoms with Crippen LogP contribution in [0.1, 0.15) is 39.0 Å². The zero-order chi connectivity index (χ0) is 11.5. The van der Waals surface area contributed by atoms with Crippen molar-refractivity contribution in [1.82, 2.24) is 10.6 Å². The predicted octanol–water partition coefficient (Wildman–Crippen LogP) is 1.85. The monoisotopic (exact) mass is 212 g/mol. The van der Waals surface area contributed by atoms with E-state index in [0.29, 0.717) is 12.5 Å². The van der Waals surface area contributed by atoms with Crippen LogP contribution in [0.3, 0.4) is 0 Å². The van der Waals surface area contributed by atoms with E-state index in [-0.39, 0.29) is 5.91 Å². The smallest absolute Gasteiger partial charge is 0.221 e. The molecule has 88 valence electrons. The number of carbonyl (C=O) groups excluding carboxylic acids is 1. The van der Waals surface area contributed by atoms with Gasteiger partial charge >= 0.3 is 0 Å². The van der Waals surface area contributed by atoms with Crippen molar-refractivity contribution in [1.29, 1.82) is 0 Å². The van der Waals surface area contributed by atoms with E-state index in [2.05, 4.69) is 24.1 Å². The molecule has 0 aromatic heterocycles. The third-order valence-electron chi connectivity index (χ3n) is 2.42. The van der Waals surface area contributed by atoms with Crippen molar-refractivity contribution >= 4 is 5.91 Å². The highest BCUT2D eigenvalue weighted by Crippen LogP contribution is 2.05. The van der Waals surface area contributed by atoms with Gasteiger partial charge in [0.2, 0.25) is 5.91 Å². The molecular formula is C12H24N2O. The number of hydrogen-bond donors (Lipinski definition) is 2. The summed E-state index contributed by atoms with van der Waals surface area (Å²) < 4.78 is 0. The summed E-state index contributed by atoms with van der Waals surface area (Å²) in [5.41, 5.74) is 0. The molecule has 0 bridgehead atoms. The second-order valence-electron chi connectivity index (χ2n) is 3.73. The van der Waals surface area contributed by atoms with Crippen molar-refractivity contribution in [2.24, 2.45) is 0 Å². The van der Waals surface area contributed by atoms with E-state index in [4.69, 9.17) is 0 Å². The normalized spacial score (nSPS) is 12.1. The number of nitrogens with one attached hydrogen (secondary N) is 2. The average Bonchev–Trinajstić information content (AvgIpc) is 2.25. The number of hydrogen-bond acceptors (Lipinski definition) is 2. The Labute approximate surface area is 93.3 Å². The molecule has 0 saturated carbocycles. The van der Waals surface area contributed by atoms with E-state index < -0.39 is 0 Å². The number of amides is 1. The SMILES string of the molecule is C=CCCC(CCC)NCCC(=O)NC. The molecule has 0 radical (unpaired) electrons. The Hall–Kier alpha value is -0.830. The van der Waals surface area contributed by atoms with Crippen LogP contribution >= 0.6 is 0 Å². The van der Waals surface area contributed by atoms with Gasteiger partial charge in [-0.1, -0.05) is 19.4 Å². The van der Waals surface area contributed by atoms with Crippen LogP contribution in [-0.2, 0) is 4.79 Å². The van der Waals surface area contributed by atoms with Crippen LogP contribution in [0.2, 0.25) is 0 Å². The fraction of sp³-hybridized carbons (Fsp3) is 0.750. The average molecular weight is 212 g/mol. The first-order valence-electron chi connectivity index (χ1n) is 5.79. The Morgan fingerprint density at radius 2 is 2.20 bits per heavy atom. The molecule has 0 aliphatic rings. The van der Waals surface area contributed by atoms with Crippen LogP contribution in [0.5, 0.6) is 0 Å². The van der Waals surface area contributed by atoms with Crippen LogP contribution in [0.15, 0.2) is 12.7 Å². The molecule has 1 amide bonds. The van der Waals surface area contributed by atoms with Gasteiger partial charge < -0.3 is 10.6 Å². The first-order chi connectivity index (χ1) is 7.24. The molecular weight excluding hydrogens is 188 g/mol. The van der Waals surface area contributed by atoms with Gasteiger partial charge in [-0.2, -0.15) is 0 Å². The summed E-state index contributed by atoms with van der Waals surface area (Å²) in [7, 11) is 1.67. The van der Waals surface area contributed by atoms with Crippen molar-refractivity contribution in [3.05, 3.63) is 12.7 Å². The third-order valence-corrected chi connectivity index (χ3v) is 2.42. The van der Waals surface area contributed by atoms with Crippen molar-refractivity contribution in [3.8, 4) is 0 Å². The summed E-state index contributed by atoms with van der Waals surface area (Å²) in [6, 6.07) is 0.526. The van der Waals surface area contributed by atoms with Gasteiger partial charge in [0.05, 0.1) is 0 Å². The van der Waals surface area contributed by atoms with Gasteiger partial charge in [-0.25, -0.2) is 0 Å². The van der Waals surface area contributed by atoms with Gasteiger partial charge in [0.1, 0.15) is 0 Å². The van der Waals surface area contributed by atoms with Crippen LogP contribution in [0.4, 0.5) is 0 Å². The highest BCUT2D eigenvalue weighted by atomic mass is 16.1. The van der Waals surface area contributed by atoms with Crippen molar-refractivity contribution < 1.29 is 4.79 Å². The van der Waals surface area contributed by atoms with Gasteiger partial charge in [0.15, 0.2) is 0 Å². The third kappa shape index (κ3) is 8.18. The van der Waals surface area contributed by atoms with Crippen molar-refractivity contribution in [2.75, 3.05) is 13.6 Å². The molecule has 15 heavy (non-hydrogen) atoms. The maximum atomic E-state index is 11.0. The highest BCUT2D eigenvalue weighted by Gasteiger charge is 2.06. The molecule has 0 rings (SSSR count). The molecule has 1 unspecified atom stereocenters. The van der Waals surface area contributed by atoms with Crippen molar-refractivity contribution in [3.63, 3.8) is 0 Å². The molecule has 0 spiro atoms. The minimum atomic E-state index is 0.0986. The summed E-state index contributed by atoms with van der Waals surface area (Å²) in [4.78, 5) is 11.0. The van der Waals surface area contributed by atoms with Crippen molar-refractivity contribution in [2.45, 2.75) is 45.1 Å². The zero-order valence-electron chi connectivity index (χ0n) is 10.0. The molecule has 0 aromatic carbocycles. The number of allylic oxidation sites excluding steroid dienone is 1. The minimum absolute atomic E-state index is 0.0986. The van der Waals surface area contributed by atoms with Crippen LogP contribution in [-0.4, -0.2) is 25.5 Å². The Morgan fingerprint density at radius 1 is 1.47 bits per heavy atom. The first-order valence-corrected chi connectivity index (χ1v) is 5.79. The van der Waals surface area contributed by atoms with E-state index in [1.807, 2.05) is 6.08 Å². The first kappa shape index (κ1) is 14.2. The molecule has 0 aliphatic heterocycles. The number of carbonyl (C=O) groups is 1. The van der Waals surface area contributed by atoms with E-state index >= 15 is 0 Å². The quantitative estimate of drug-likeness (QED) is 0.573. The van der Waals surface area contributed by atoms with E-state index in [1.165, 1.54) is 12.8 Å². The van der Waals surface area contributed by atoms with Gasteiger partial charge in [0.25, 0.3) is 0 Å². The van der Waals surface area contributed by atoms with Gasteiger partial charge in [0, 0.05) is 26.1 Å². The van der Waals surface area contributed by atoms with Crippen LogP contribution < -0.4 is 10.6 Å². The van der Waals surface area contributed by atoms with Crippen LogP contribution in [0, 0.1) is 0 Å². The lowest BCUT2D eigenvalue weighted by molar-refractivity contribution is -0.120. The lowest BCUT2D eigenvalue weighted by Crippen LogP contribution is -2.32. The minimum Gasteiger partial charge on any atom is -0.359 e. The Bertz CT molecular complexity index is 180. The Balaban J connectivity index is 3.64. The van der Waals surface area contributed by atoms with Gasteiger partial charge in [-0.15, -0.1) is 6.58 Å². The Morgan fingerprint density at radius 3 is 2.73 bits per heavy atom. The van der Waals surface area contributed by atoms with Gasteiger partial charge in [-0.05, 0) is 19.3 Å². The van der Waals surface area contributed by atoms with E-state index in [1.54, 1.807) is 7.05 Å². The maximum Gasteiger partial charge on any atom is 0.221 e. The number of rotatable bonds is 9. The Kier molecular flexibility index (Phi) is 9.18. The molecule has 2 N–H and O–H groups in total. The molecule has 3 nitrogen and oxygen atoms in total. The molecule has 0 fully saturated rings. The largest absolute Gasteiger partial charge is 0.359 e. The van der Waals surface area contributed by atoms with E-state index in [0.717, 1.165) is 19.4 Å². The summed E-state index contributed by atoms with van der Waals surface area (Å²) >= 11 is 0. The summed E-state index contributed by atoms with van der Waals surface area (Å²) in [5, 5.41) is 6.03. The fourth-order valence-corrected chi connectivity index (χ4v) is 1.53. The maximum absolute atomic E-state index is 11.0. The second-order valence-corrected chi connectivity index (χ2v) is 3.73. The summed E-state index contributed by atoms with van der Waals surface area (Å²) in [6.45, 7) is 6.67. The summed E-state index contributed by atoms with van der Waals surface area (Å²) in [5.74, 6) is 0.0986. The molecule has 0 heterocycles. The predicted molar refractivity (Wildman–Crippen MR) is 64.8 cm³/mol. The lowest BCUT2D eigenvalue weighted by Gasteiger charge is -2.16. The van der Waals surface area contributed by atoms with E-state index in [9.17, 15) is 4.79 Å². The zero-order valence-corrected chi connectivity index (χ0v) is 10.0. The standard InChI is InChI=1S/C12H24N2O/c1-4-6-8-11(7-5-2)14-10-9-12(15)13-3/h4,11,14H,1,5-10H2,2-3H3,(H,13,15). The highest BCUT2D eigenvalue weighted by molar-refractivity contribution is 5.75. The molecule has 3 heteroatoms. The van der Waals surface area contributed by atoms with Gasteiger partial charge in [-0.3, -0.25) is 4.79 Å². The summed E-state index contributed by atoms with van der Waals surface area (Å²) in [6.07, 6.45) is 7.01. The molecule has 0 aliphatic carbocycles. The van der Waals surface area contributed by atoms with Crippen LogP contribution in [0.25, 0.3) is 0 Å².